The van der Waals surface area contributed by atoms with Gasteiger partial charge >= 0.3 is 0 Å². The van der Waals surface area contributed by atoms with E-state index in [1.54, 1.807) is 54.4 Å². The second-order valence-electron chi connectivity index (χ2n) is 12.0. The lowest BCUT2D eigenvalue weighted by atomic mass is 9.91. The quantitative estimate of drug-likeness (QED) is 0.247. The van der Waals surface area contributed by atoms with Crippen molar-refractivity contribution < 1.29 is 31.8 Å². The van der Waals surface area contributed by atoms with Gasteiger partial charge in [-0.2, -0.15) is 0 Å². The summed E-state index contributed by atoms with van der Waals surface area (Å²) in [5.41, 5.74) is 7.71. The number of likely N-dealkylation sites (tertiary alicyclic amines) is 1. The SMILES string of the molecule is COc1cc([C@@H](Nc2ccc3c(N)nccc3c2)C(=O)N2CC[C@@H](C3OC(C)O3)[C@H]2c2ccccc2S(=O)(=O)C2CC2)ccc1F. The first-order chi connectivity index (χ1) is 22.2. The van der Waals surface area contributed by atoms with Crippen molar-refractivity contribution in [3.8, 4) is 5.75 Å². The van der Waals surface area contributed by atoms with E-state index in [4.69, 9.17) is 19.9 Å². The number of carbonyl (C=O) groups excluding carboxylic acids is 1. The van der Waals surface area contributed by atoms with Crippen LogP contribution in [0.1, 0.15) is 49.4 Å². The van der Waals surface area contributed by atoms with Crippen LogP contribution in [0.2, 0.25) is 0 Å². The van der Waals surface area contributed by atoms with Crippen molar-refractivity contribution in [2.75, 3.05) is 24.7 Å². The summed E-state index contributed by atoms with van der Waals surface area (Å²) >= 11 is 0. The molecule has 3 fully saturated rings. The summed E-state index contributed by atoms with van der Waals surface area (Å²) in [6.07, 6.45) is 2.40. The zero-order valence-corrected chi connectivity index (χ0v) is 26.2. The number of fused-ring (bicyclic) bond motifs is 1. The number of pyridine rings is 1. The van der Waals surface area contributed by atoms with Gasteiger partial charge in [-0.3, -0.25) is 4.79 Å². The van der Waals surface area contributed by atoms with Crippen LogP contribution >= 0.6 is 0 Å². The first kappa shape index (κ1) is 30.4. The minimum absolute atomic E-state index is 0.00330. The highest BCUT2D eigenvalue weighted by molar-refractivity contribution is 7.92. The Labute approximate surface area is 266 Å². The van der Waals surface area contributed by atoms with Crippen molar-refractivity contribution in [1.82, 2.24) is 9.88 Å². The average Bonchev–Trinajstić information content (AvgIpc) is 3.82. The molecule has 3 N–H and O–H groups in total. The maximum absolute atomic E-state index is 14.9. The minimum atomic E-state index is -3.60. The Morgan fingerprint density at radius 3 is 2.61 bits per heavy atom. The number of hydrogen-bond donors (Lipinski definition) is 2. The summed E-state index contributed by atoms with van der Waals surface area (Å²) in [7, 11) is -2.23. The van der Waals surface area contributed by atoms with E-state index in [1.165, 1.54) is 19.2 Å². The van der Waals surface area contributed by atoms with E-state index in [9.17, 15) is 17.6 Å². The summed E-state index contributed by atoms with van der Waals surface area (Å²) in [6, 6.07) is 16.9. The largest absolute Gasteiger partial charge is 0.494 e. The van der Waals surface area contributed by atoms with Gasteiger partial charge in [-0.05, 0) is 85.2 Å². The maximum atomic E-state index is 14.9. The summed E-state index contributed by atoms with van der Waals surface area (Å²) in [5.74, 6) is -0.800. The fraction of sp³-hybridized carbons (Fsp3) is 0.353. The second kappa shape index (κ2) is 11.8. The molecule has 12 heteroatoms. The summed E-state index contributed by atoms with van der Waals surface area (Å²) < 4.78 is 59.0. The van der Waals surface area contributed by atoms with Crippen LogP contribution in [0.4, 0.5) is 15.9 Å². The number of nitrogen functional groups attached to an aromatic ring is 1. The van der Waals surface area contributed by atoms with Crippen molar-refractivity contribution in [1.29, 1.82) is 0 Å². The number of amides is 1. The molecule has 3 atom stereocenters. The number of nitrogens with zero attached hydrogens (tertiary/aromatic N) is 2. The Morgan fingerprint density at radius 2 is 1.87 bits per heavy atom. The van der Waals surface area contributed by atoms with Crippen molar-refractivity contribution in [2.24, 2.45) is 5.92 Å². The maximum Gasteiger partial charge on any atom is 0.250 e. The van der Waals surface area contributed by atoms with Crippen molar-refractivity contribution in [2.45, 2.75) is 61.0 Å². The number of carbonyl (C=O) groups is 1. The highest BCUT2D eigenvalue weighted by atomic mass is 32.2. The zero-order valence-electron chi connectivity index (χ0n) is 25.4. The van der Waals surface area contributed by atoms with Crippen LogP contribution in [0.5, 0.6) is 5.75 Å². The number of anilines is 2. The van der Waals surface area contributed by atoms with Crippen LogP contribution in [0, 0.1) is 11.7 Å². The number of nitrogens with two attached hydrogens (primary N) is 1. The summed E-state index contributed by atoms with van der Waals surface area (Å²) in [6.45, 7) is 2.13. The normalized spacial score (nSPS) is 23.6. The third kappa shape index (κ3) is 5.44. The van der Waals surface area contributed by atoms with Crippen LogP contribution in [-0.2, 0) is 24.1 Å². The molecule has 2 aliphatic heterocycles. The van der Waals surface area contributed by atoms with E-state index < -0.39 is 39.3 Å². The fourth-order valence-corrected chi connectivity index (χ4v) is 8.55. The van der Waals surface area contributed by atoms with Crippen molar-refractivity contribution in [3.63, 3.8) is 0 Å². The van der Waals surface area contributed by atoms with Crippen LogP contribution < -0.4 is 15.8 Å². The van der Waals surface area contributed by atoms with Crippen LogP contribution in [-0.4, -0.2) is 55.7 Å². The molecular weight excluding hydrogens is 611 g/mol. The molecule has 1 aliphatic carbocycles. The smallest absolute Gasteiger partial charge is 0.250 e. The summed E-state index contributed by atoms with van der Waals surface area (Å²) in [4.78, 5) is 20.9. The molecule has 0 bridgehead atoms. The lowest BCUT2D eigenvalue weighted by Crippen LogP contribution is -2.47. The molecule has 3 aromatic carbocycles. The number of halogens is 1. The number of benzene rings is 3. The molecular formula is C34H35FN4O6S. The van der Waals surface area contributed by atoms with Gasteiger partial charge in [-0.1, -0.05) is 24.3 Å². The Bertz CT molecular complexity index is 1910. The molecule has 3 aliphatic rings. The van der Waals surface area contributed by atoms with Gasteiger partial charge in [0.2, 0.25) is 5.91 Å². The molecule has 10 nitrogen and oxygen atoms in total. The number of ether oxygens (including phenoxy) is 3. The minimum Gasteiger partial charge on any atom is -0.494 e. The predicted molar refractivity (Wildman–Crippen MR) is 170 cm³/mol. The van der Waals surface area contributed by atoms with E-state index >= 15 is 0 Å². The standard InChI is InChI=1S/C34H35FN4O6S/c1-19-44-34(45-19)26-14-16-39(31(26)25-5-3-4-6-29(25)46(41,42)23-9-10-23)33(40)30(21-7-12-27(35)28(18-21)43-2)38-22-8-11-24-20(17-22)13-15-37-32(24)36/h3-8,11-13,15,17-19,23,26,30-31,34,38H,9-10,14,16H2,1-2H3,(H2,36,37)/t19?,26-,30-,31-,34?/m1/s1. The fourth-order valence-electron chi connectivity index (χ4n) is 6.65. The highest BCUT2D eigenvalue weighted by Gasteiger charge is 2.50. The second-order valence-corrected chi connectivity index (χ2v) is 14.2. The predicted octanol–water partition coefficient (Wildman–Crippen LogP) is 5.36. The lowest BCUT2D eigenvalue weighted by molar-refractivity contribution is -0.393. The third-order valence-electron chi connectivity index (χ3n) is 9.10. The van der Waals surface area contributed by atoms with Gasteiger partial charge in [0.05, 0.1) is 23.3 Å². The number of aromatic nitrogens is 1. The number of nitrogens with one attached hydrogen (secondary N) is 1. The summed E-state index contributed by atoms with van der Waals surface area (Å²) in [5, 5.41) is 4.54. The van der Waals surface area contributed by atoms with Crippen LogP contribution in [0.15, 0.2) is 77.8 Å². The van der Waals surface area contributed by atoms with Gasteiger partial charge in [0.15, 0.2) is 34.0 Å². The van der Waals surface area contributed by atoms with E-state index in [0.29, 0.717) is 48.4 Å². The van der Waals surface area contributed by atoms with Crippen LogP contribution in [0.25, 0.3) is 10.8 Å². The van der Waals surface area contributed by atoms with Crippen LogP contribution in [0.3, 0.4) is 0 Å². The van der Waals surface area contributed by atoms with E-state index in [-0.39, 0.29) is 28.8 Å². The molecule has 1 amide bonds. The van der Waals surface area contributed by atoms with Gasteiger partial charge in [-0.25, -0.2) is 17.8 Å². The highest BCUT2D eigenvalue weighted by Crippen LogP contribution is 2.48. The molecule has 0 spiro atoms. The molecule has 46 heavy (non-hydrogen) atoms. The molecule has 0 radical (unpaired) electrons. The lowest BCUT2D eigenvalue weighted by Gasteiger charge is -2.41. The number of sulfone groups is 1. The Morgan fingerprint density at radius 1 is 1.09 bits per heavy atom. The van der Waals surface area contributed by atoms with E-state index in [2.05, 4.69) is 10.3 Å². The third-order valence-corrected chi connectivity index (χ3v) is 11.4. The van der Waals surface area contributed by atoms with Gasteiger partial charge < -0.3 is 30.2 Å². The first-order valence-corrected chi connectivity index (χ1v) is 16.9. The number of rotatable bonds is 9. The Hall–Kier alpha value is -4.26. The first-order valence-electron chi connectivity index (χ1n) is 15.3. The molecule has 7 rings (SSSR count). The van der Waals surface area contributed by atoms with Gasteiger partial charge in [-0.15, -0.1) is 0 Å². The van der Waals surface area contributed by atoms with Gasteiger partial charge in [0, 0.05) is 29.7 Å². The van der Waals surface area contributed by atoms with Gasteiger partial charge in [0.25, 0.3) is 0 Å². The molecule has 0 unspecified atom stereocenters. The monoisotopic (exact) mass is 646 g/mol. The molecule has 1 aromatic heterocycles. The average molecular weight is 647 g/mol. The van der Waals surface area contributed by atoms with Gasteiger partial charge in [0.1, 0.15) is 11.9 Å². The molecule has 4 aromatic rings. The van der Waals surface area contributed by atoms with E-state index in [0.717, 1.165) is 10.8 Å². The number of hydrogen-bond acceptors (Lipinski definition) is 9. The number of methoxy groups -OCH3 is 1. The van der Waals surface area contributed by atoms with Crippen molar-refractivity contribution in [3.05, 3.63) is 89.9 Å². The molecule has 1 saturated carbocycles. The van der Waals surface area contributed by atoms with Crippen molar-refractivity contribution >= 4 is 38.0 Å². The molecule has 2 saturated heterocycles. The Kier molecular flexibility index (Phi) is 7.82. The Balaban J connectivity index is 1.31. The molecule has 240 valence electrons. The van der Waals surface area contributed by atoms with E-state index in [1.807, 2.05) is 18.2 Å². The zero-order chi connectivity index (χ0) is 32.2. The molecule has 3 heterocycles. The topological polar surface area (TPSA) is 133 Å².